The van der Waals surface area contributed by atoms with Crippen molar-refractivity contribution in [2.45, 2.75) is 45.4 Å². The lowest BCUT2D eigenvalue weighted by Crippen LogP contribution is -2.63. The Balaban J connectivity index is 2.12. The highest BCUT2D eigenvalue weighted by Gasteiger charge is 2.68. The molecule has 0 aliphatic heterocycles. The van der Waals surface area contributed by atoms with E-state index in [1.54, 1.807) is 0 Å². The van der Waals surface area contributed by atoms with E-state index in [4.69, 9.17) is 0 Å². The smallest absolute Gasteiger partial charge is 0.309 e. The summed E-state index contributed by atoms with van der Waals surface area (Å²) in [6.07, 6.45) is 4.51. The second-order valence-corrected chi connectivity index (χ2v) is 6.67. The molecule has 0 radical (unpaired) electrons. The van der Waals surface area contributed by atoms with Gasteiger partial charge in [0.1, 0.15) is 0 Å². The lowest BCUT2D eigenvalue weighted by molar-refractivity contribution is -0.208. The molecule has 0 aromatic heterocycles. The molecule has 2 N–H and O–H groups in total. The highest BCUT2D eigenvalue weighted by Crippen LogP contribution is 2.69. The van der Waals surface area contributed by atoms with Crippen LogP contribution in [0, 0.1) is 28.6 Å². The predicted octanol–water partition coefficient (Wildman–Crippen LogP) is 2.38. The van der Waals surface area contributed by atoms with Gasteiger partial charge in [-0.2, -0.15) is 0 Å². The maximum atomic E-state index is 11.8. The van der Waals surface area contributed by atoms with Crippen LogP contribution in [0.25, 0.3) is 0 Å². The van der Waals surface area contributed by atoms with Gasteiger partial charge in [0.25, 0.3) is 0 Å². The average Bonchev–Trinajstić information content (AvgIpc) is 2.27. The molecule has 4 heteroatoms. The van der Waals surface area contributed by atoms with E-state index < -0.39 is 22.8 Å². The van der Waals surface area contributed by atoms with Crippen LogP contribution < -0.4 is 0 Å². The molecule has 0 saturated heterocycles. The lowest BCUT2D eigenvalue weighted by atomic mass is 9.39. The van der Waals surface area contributed by atoms with Crippen LogP contribution in [0.3, 0.4) is 0 Å². The molecule has 18 heavy (non-hydrogen) atoms. The predicted molar refractivity (Wildman–Crippen MR) is 64.0 cm³/mol. The zero-order valence-electron chi connectivity index (χ0n) is 10.7. The first-order chi connectivity index (χ1) is 8.44. The van der Waals surface area contributed by atoms with Crippen LogP contribution in [-0.2, 0) is 9.59 Å². The minimum absolute atomic E-state index is 0.187. The summed E-state index contributed by atoms with van der Waals surface area (Å²) in [5, 5.41) is 19.4. The van der Waals surface area contributed by atoms with Crippen LogP contribution in [-0.4, -0.2) is 22.2 Å². The standard InChI is InChI=1S/C14H20O4/c1-2-10-13(11(15)16)4-8-3-9(6-13)7-14(10,5-8)12(17)18/h8-10H,2-7H2,1H3,(H,15,16)(H,17,18). The SMILES string of the molecule is CCC1C2(C(=O)O)CC3CC(C2)CC1(C(=O)O)C3. The first-order valence-corrected chi connectivity index (χ1v) is 6.91. The Labute approximate surface area is 106 Å². The van der Waals surface area contributed by atoms with Crippen LogP contribution in [0.1, 0.15) is 45.4 Å². The number of hydrogen-bond donors (Lipinski definition) is 2. The Morgan fingerprint density at radius 3 is 1.67 bits per heavy atom. The zero-order chi connectivity index (χ0) is 13.1. The molecular weight excluding hydrogens is 232 g/mol. The van der Waals surface area contributed by atoms with E-state index in [0.717, 1.165) is 6.42 Å². The fraction of sp³-hybridized carbons (Fsp3) is 0.857. The van der Waals surface area contributed by atoms with Gasteiger partial charge in [0.15, 0.2) is 0 Å². The maximum absolute atomic E-state index is 11.8. The molecule has 0 spiro atoms. The van der Waals surface area contributed by atoms with Gasteiger partial charge in [-0.3, -0.25) is 9.59 Å². The topological polar surface area (TPSA) is 74.6 Å². The average molecular weight is 252 g/mol. The molecule has 4 fully saturated rings. The van der Waals surface area contributed by atoms with E-state index in [1.165, 1.54) is 0 Å². The van der Waals surface area contributed by atoms with Crippen molar-refractivity contribution in [2.24, 2.45) is 28.6 Å². The van der Waals surface area contributed by atoms with Crippen LogP contribution in [0.5, 0.6) is 0 Å². The van der Waals surface area contributed by atoms with Crippen LogP contribution in [0.15, 0.2) is 0 Å². The maximum Gasteiger partial charge on any atom is 0.309 e. The van der Waals surface area contributed by atoms with E-state index in [9.17, 15) is 19.8 Å². The quantitative estimate of drug-likeness (QED) is 0.808. The van der Waals surface area contributed by atoms with Crippen LogP contribution >= 0.6 is 0 Å². The summed E-state index contributed by atoms with van der Waals surface area (Å²) < 4.78 is 0. The summed E-state index contributed by atoms with van der Waals surface area (Å²) in [4.78, 5) is 23.6. The number of carbonyl (C=O) groups is 2. The zero-order valence-corrected chi connectivity index (χ0v) is 10.7. The molecule has 4 aliphatic rings. The Morgan fingerprint density at radius 1 is 1.00 bits per heavy atom. The van der Waals surface area contributed by atoms with Gasteiger partial charge < -0.3 is 10.2 Å². The molecule has 0 unspecified atom stereocenters. The first-order valence-electron chi connectivity index (χ1n) is 6.91. The molecule has 4 saturated carbocycles. The van der Waals surface area contributed by atoms with Crippen LogP contribution in [0.4, 0.5) is 0 Å². The highest BCUT2D eigenvalue weighted by molar-refractivity contribution is 5.82. The third-order valence-electron chi connectivity index (χ3n) is 5.87. The molecule has 0 aromatic carbocycles. The van der Waals surface area contributed by atoms with Gasteiger partial charge in [-0.15, -0.1) is 0 Å². The van der Waals surface area contributed by atoms with Gasteiger partial charge in [-0.25, -0.2) is 0 Å². The molecule has 0 aromatic rings. The third kappa shape index (κ3) is 1.21. The van der Waals surface area contributed by atoms with Crippen molar-refractivity contribution in [1.82, 2.24) is 0 Å². The first kappa shape index (κ1) is 12.0. The van der Waals surface area contributed by atoms with E-state index in [1.807, 2.05) is 6.92 Å². The summed E-state index contributed by atoms with van der Waals surface area (Å²) >= 11 is 0. The van der Waals surface area contributed by atoms with Crippen molar-refractivity contribution in [3.05, 3.63) is 0 Å². The molecule has 4 aliphatic carbocycles. The third-order valence-corrected chi connectivity index (χ3v) is 5.87. The number of carboxylic acid groups (broad SMARTS) is 2. The number of aliphatic carboxylic acids is 2. The van der Waals surface area contributed by atoms with Gasteiger partial charge in [0.2, 0.25) is 0 Å². The molecule has 4 nitrogen and oxygen atoms in total. The molecule has 4 rings (SSSR count). The van der Waals surface area contributed by atoms with E-state index in [-0.39, 0.29) is 5.92 Å². The van der Waals surface area contributed by atoms with E-state index in [2.05, 4.69) is 0 Å². The molecule has 0 atom stereocenters. The van der Waals surface area contributed by atoms with Gasteiger partial charge in [-0.1, -0.05) is 13.3 Å². The monoisotopic (exact) mass is 252 g/mol. The van der Waals surface area contributed by atoms with Crippen molar-refractivity contribution in [1.29, 1.82) is 0 Å². The summed E-state index contributed by atoms with van der Waals surface area (Å²) in [6.45, 7) is 1.95. The Morgan fingerprint density at radius 2 is 1.39 bits per heavy atom. The van der Waals surface area contributed by atoms with Gasteiger partial charge >= 0.3 is 11.9 Å². The van der Waals surface area contributed by atoms with Crippen molar-refractivity contribution in [3.63, 3.8) is 0 Å². The second-order valence-electron chi connectivity index (χ2n) is 6.67. The summed E-state index contributed by atoms with van der Waals surface area (Å²) in [5.41, 5.74) is -1.51. The van der Waals surface area contributed by atoms with E-state index in [0.29, 0.717) is 43.9 Å². The van der Waals surface area contributed by atoms with Crippen LogP contribution in [0.2, 0.25) is 0 Å². The van der Waals surface area contributed by atoms with Crippen molar-refractivity contribution < 1.29 is 19.8 Å². The van der Waals surface area contributed by atoms with Crippen molar-refractivity contribution in [3.8, 4) is 0 Å². The molecule has 0 heterocycles. The molecule has 0 amide bonds. The van der Waals surface area contributed by atoms with Gasteiger partial charge in [0.05, 0.1) is 10.8 Å². The normalized spacial score (nSPS) is 49.3. The Hall–Kier alpha value is -1.06. The fourth-order valence-electron chi connectivity index (χ4n) is 5.70. The Bertz CT molecular complexity index is 366. The summed E-state index contributed by atoms with van der Waals surface area (Å²) in [5.74, 6) is -1.07. The lowest BCUT2D eigenvalue weighted by Gasteiger charge is -2.63. The second kappa shape index (κ2) is 3.49. The van der Waals surface area contributed by atoms with Gasteiger partial charge in [0, 0.05) is 0 Å². The van der Waals surface area contributed by atoms with E-state index >= 15 is 0 Å². The van der Waals surface area contributed by atoms with Crippen molar-refractivity contribution in [2.75, 3.05) is 0 Å². The Kier molecular flexibility index (Phi) is 2.32. The number of rotatable bonds is 3. The summed E-state index contributed by atoms with van der Waals surface area (Å²) in [7, 11) is 0. The number of carboxylic acids is 2. The largest absolute Gasteiger partial charge is 0.481 e. The van der Waals surface area contributed by atoms with Gasteiger partial charge in [-0.05, 0) is 49.9 Å². The molecule has 4 bridgehead atoms. The van der Waals surface area contributed by atoms with Crippen molar-refractivity contribution >= 4 is 11.9 Å². The fourth-order valence-corrected chi connectivity index (χ4v) is 5.70. The minimum Gasteiger partial charge on any atom is -0.481 e. The summed E-state index contributed by atoms with van der Waals surface area (Å²) in [6, 6.07) is 0. The number of hydrogen-bond acceptors (Lipinski definition) is 2. The highest BCUT2D eigenvalue weighted by atomic mass is 16.4. The minimum atomic E-state index is -0.755. The molecular formula is C14H20O4. The molecule has 100 valence electrons.